The first-order chi connectivity index (χ1) is 8.67. The topological polar surface area (TPSA) is 66.4 Å². The summed E-state index contributed by atoms with van der Waals surface area (Å²) < 4.78 is 35.7. The van der Waals surface area contributed by atoms with Gasteiger partial charge in [0.05, 0.1) is 12.0 Å². The summed E-state index contributed by atoms with van der Waals surface area (Å²) in [5.41, 5.74) is -0.129. The molecule has 0 aliphatic rings. The Morgan fingerprint density at radius 3 is 2.42 bits per heavy atom. The molecule has 0 aliphatic heterocycles. The summed E-state index contributed by atoms with van der Waals surface area (Å²) in [7, 11) is 0. The second kappa shape index (κ2) is 5.92. The molecule has 104 valence electrons. The number of carbonyl (C=O) groups is 2. The highest BCUT2D eigenvalue weighted by Gasteiger charge is 2.27. The molecule has 0 bridgehead atoms. The number of benzene rings is 1. The van der Waals surface area contributed by atoms with E-state index in [9.17, 15) is 22.8 Å². The highest BCUT2D eigenvalue weighted by molar-refractivity contribution is 6.31. The summed E-state index contributed by atoms with van der Waals surface area (Å²) in [5.74, 6) is -2.12. The molecule has 0 aliphatic carbocycles. The molecule has 2 N–H and O–H groups in total. The molecule has 0 heterocycles. The highest BCUT2D eigenvalue weighted by Crippen LogP contribution is 2.23. The first-order valence-corrected chi connectivity index (χ1v) is 5.45. The van der Waals surface area contributed by atoms with Crippen LogP contribution in [0.1, 0.15) is 23.2 Å². The smallest absolute Gasteiger partial charge is 0.389 e. The number of aromatic carboxylic acids is 1. The van der Waals surface area contributed by atoms with Crippen LogP contribution >= 0.6 is 11.6 Å². The maximum atomic E-state index is 11.9. The Morgan fingerprint density at radius 2 is 1.89 bits per heavy atom. The van der Waals surface area contributed by atoms with Crippen molar-refractivity contribution >= 4 is 29.2 Å². The van der Waals surface area contributed by atoms with Gasteiger partial charge in [-0.05, 0) is 18.2 Å². The first-order valence-electron chi connectivity index (χ1n) is 5.08. The Balaban J connectivity index is 2.71. The van der Waals surface area contributed by atoms with E-state index in [0.29, 0.717) is 0 Å². The summed E-state index contributed by atoms with van der Waals surface area (Å²) in [5, 5.41) is 11.0. The van der Waals surface area contributed by atoms with Gasteiger partial charge in [0.1, 0.15) is 0 Å². The van der Waals surface area contributed by atoms with Gasteiger partial charge in [-0.25, -0.2) is 4.79 Å². The lowest BCUT2D eigenvalue weighted by molar-refractivity contribution is -0.142. The summed E-state index contributed by atoms with van der Waals surface area (Å²) in [6.45, 7) is 0. The minimum atomic E-state index is -4.42. The number of nitrogens with one attached hydrogen (secondary N) is 1. The molecule has 0 unspecified atom stereocenters. The Kier molecular flexibility index (Phi) is 4.77. The third-order valence-corrected chi connectivity index (χ3v) is 2.28. The maximum Gasteiger partial charge on any atom is 0.389 e. The van der Waals surface area contributed by atoms with Crippen LogP contribution in [0.3, 0.4) is 0 Å². The first kappa shape index (κ1) is 15.3. The van der Waals surface area contributed by atoms with Crippen molar-refractivity contribution in [2.24, 2.45) is 0 Å². The van der Waals surface area contributed by atoms with E-state index in [1.54, 1.807) is 0 Å². The Hall–Kier alpha value is -1.76. The van der Waals surface area contributed by atoms with Crippen molar-refractivity contribution in [2.45, 2.75) is 19.0 Å². The molecule has 4 nitrogen and oxygen atoms in total. The van der Waals surface area contributed by atoms with Crippen LogP contribution in [0.15, 0.2) is 18.2 Å². The van der Waals surface area contributed by atoms with E-state index in [2.05, 4.69) is 5.32 Å². The van der Waals surface area contributed by atoms with Crippen LogP contribution in [0.4, 0.5) is 18.9 Å². The van der Waals surface area contributed by atoms with Crippen molar-refractivity contribution < 1.29 is 27.9 Å². The van der Waals surface area contributed by atoms with Crippen LogP contribution < -0.4 is 5.32 Å². The van der Waals surface area contributed by atoms with Crippen LogP contribution in [0.25, 0.3) is 0 Å². The minimum absolute atomic E-state index is 0.0390. The molecule has 19 heavy (non-hydrogen) atoms. The Labute approximate surface area is 111 Å². The predicted molar refractivity (Wildman–Crippen MR) is 62.3 cm³/mol. The SMILES string of the molecule is O=C(CCC(F)(F)F)Nc1cc(Cl)cc(C(=O)O)c1. The molecule has 0 atom stereocenters. The van der Waals surface area contributed by atoms with Crippen LogP contribution in [0, 0.1) is 0 Å². The van der Waals surface area contributed by atoms with Gasteiger partial charge in [0.25, 0.3) is 0 Å². The van der Waals surface area contributed by atoms with Gasteiger partial charge in [0.2, 0.25) is 5.91 Å². The lowest BCUT2D eigenvalue weighted by atomic mass is 10.2. The fraction of sp³-hybridized carbons (Fsp3) is 0.273. The second-order valence-electron chi connectivity index (χ2n) is 3.70. The maximum absolute atomic E-state index is 11.9. The number of anilines is 1. The third kappa shape index (κ3) is 5.60. The molecule has 8 heteroatoms. The summed E-state index contributed by atoms with van der Waals surface area (Å²) in [6.07, 6.45) is -6.40. The number of rotatable bonds is 4. The zero-order valence-electron chi connectivity index (χ0n) is 9.42. The van der Waals surface area contributed by atoms with Crippen LogP contribution in [0.2, 0.25) is 5.02 Å². The minimum Gasteiger partial charge on any atom is -0.478 e. The number of halogens is 4. The average molecular weight is 296 g/mol. The lowest BCUT2D eigenvalue weighted by Crippen LogP contribution is -2.16. The molecule has 0 radical (unpaired) electrons. The van der Waals surface area contributed by atoms with E-state index < -0.39 is 30.9 Å². The quantitative estimate of drug-likeness (QED) is 0.895. The number of alkyl halides is 3. The van der Waals surface area contributed by atoms with E-state index in [1.807, 2.05) is 0 Å². The number of carboxylic acids is 1. The molecule has 0 saturated carbocycles. The van der Waals surface area contributed by atoms with Gasteiger partial charge in [-0.1, -0.05) is 11.6 Å². The van der Waals surface area contributed by atoms with Gasteiger partial charge < -0.3 is 10.4 Å². The van der Waals surface area contributed by atoms with Gasteiger partial charge in [-0.2, -0.15) is 13.2 Å². The van der Waals surface area contributed by atoms with Crippen molar-refractivity contribution in [2.75, 3.05) is 5.32 Å². The fourth-order valence-corrected chi connectivity index (χ4v) is 1.50. The highest BCUT2D eigenvalue weighted by atomic mass is 35.5. The molecule has 0 aromatic heterocycles. The van der Waals surface area contributed by atoms with Crippen LogP contribution in [-0.2, 0) is 4.79 Å². The molecular weight excluding hydrogens is 287 g/mol. The normalized spacial score (nSPS) is 11.2. The van der Waals surface area contributed by atoms with Crippen molar-refractivity contribution in [3.63, 3.8) is 0 Å². The van der Waals surface area contributed by atoms with E-state index in [-0.39, 0.29) is 16.3 Å². The van der Waals surface area contributed by atoms with E-state index in [0.717, 1.165) is 12.1 Å². The molecule has 1 amide bonds. The molecule has 1 rings (SSSR count). The summed E-state index contributed by atoms with van der Waals surface area (Å²) in [4.78, 5) is 22.0. The number of carboxylic acid groups (broad SMARTS) is 1. The van der Waals surface area contributed by atoms with Crippen LogP contribution in [0.5, 0.6) is 0 Å². The van der Waals surface area contributed by atoms with Gasteiger partial charge in [0, 0.05) is 17.1 Å². The number of hydrogen-bond acceptors (Lipinski definition) is 2. The number of amides is 1. The monoisotopic (exact) mass is 295 g/mol. The van der Waals surface area contributed by atoms with Gasteiger partial charge in [0.15, 0.2) is 0 Å². The second-order valence-corrected chi connectivity index (χ2v) is 4.13. The van der Waals surface area contributed by atoms with Crippen molar-refractivity contribution in [1.29, 1.82) is 0 Å². The molecule has 0 fully saturated rings. The van der Waals surface area contributed by atoms with E-state index in [1.165, 1.54) is 6.07 Å². The van der Waals surface area contributed by atoms with Crippen LogP contribution in [-0.4, -0.2) is 23.2 Å². The van der Waals surface area contributed by atoms with Crippen molar-refractivity contribution in [3.05, 3.63) is 28.8 Å². The predicted octanol–water partition coefficient (Wildman–Crippen LogP) is 3.32. The van der Waals surface area contributed by atoms with Gasteiger partial charge >= 0.3 is 12.1 Å². The van der Waals surface area contributed by atoms with E-state index in [4.69, 9.17) is 16.7 Å². The standard InChI is InChI=1S/C11H9ClF3NO3/c12-7-3-6(10(18)19)4-8(5-7)16-9(17)1-2-11(13,14)15/h3-5H,1-2H2,(H,16,17)(H,18,19). The molecule has 1 aromatic carbocycles. The summed E-state index contributed by atoms with van der Waals surface area (Å²) in [6, 6.07) is 3.52. The van der Waals surface area contributed by atoms with Crippen molar-refractivity contribution in [1.82, 2.24) is 0 Å². The molecule has 0 spiro atoms. The zero-order chi connectivity index (χ0) is 14.6. The lowest BCUT2D eigenvalue weighted by Gasteiger charge is -2.08. The van der Waals surface area contributed by atoms with Gasteiger partial charge in [-0.15, -0.1) is 0 Å². The Morgan fingerprint density at radius 1 is 1.26 bits per heavy atom. The molecule has 1 aromatic rings. The average Bonchev–Trinajstić information content (AvgIpc) is 2.24. The molecule has 0 saturated heterocycles. The molecular formula is C11H9ClF3NO3. The fourth-order valence-electron chi connectivity index (χ4n) is 1.26. The Bertz CT molecular complexity index is 502. The zero-order valence-corrected chi connectivity index (χ0v) is 10.2. The number of hydrogen-bond donors (Lipinski definition) is 2. The third-order valence-electron chi connectivity index (χ3n) is 2.06. The van der Waals surface area contributed by atoms with Crippen molar-refractivity contribution in [3.8, 4) is 0 Å². The van der Waals surface area contributed by atoms with Gasteiger partial charge in [-0.3, -0.25) is 4.79 Å². The largest absolute Gasteiger partial charge is 0.478 e. The number of carbonyl (C=O) groups excluding carboxylic acids is 1. The van der Waals surface area contributed by atoms with E-state index >= 15 is 0 Å². The summed E-state index contributed by atoms with van der Waals surface area (Å²) >= 11 is 5.63.